The number of anilines is 1. The number of nitrogens with zero attached hydrogens (tertiary/aromatic N) is 3. The molecule has 26 heavy (non-hydrogen) atoms. The minimum Gasteiger partial charge on any atom is -0.341 e. The summed E-state index contributed by atoms with van der Waals surface area (Å²) in [5.74, 6) is -1.19. The van der Waals surface area contributed by atoms with Crippen LogP contribution in [-0.2, 0) is 19.6 Å². The fraction of sp³-hybridized carbons (Fsp3) is 0.529. The second-order valence-corrected chi connectivity index (χ2v) is 8.83. The lowest BCUT2D eigenvalue weighted by Crippen LogP contribution is -2.46. The van der Waals surface area contributed by atoms with Gasteiger partial charge in [-0.2, -0.15) is 0 Å². The van der Waals surface area contributed by atoms with Crippen LogP contribution in [0.5, 0.6) is 0 Å². The second-order valence-electron chi connectivity index (χ2n) is 6.93. The van der Waals surface area contributed by atoms with Crippen LogP contribution in [0.1, 0.15) is 12.8 Å². The first-order valence-electron chi connectivity index (χ1n) is 8.44. The minimum absolute atomic E-state index is 0.0293. The summed E-state index contributed by atoms with van der Waals surface area (Å²) in [7, 11) is -2.03. The van der Waals surface area contributed by atoms with E-state index in [4.69, 9.17) is 0 Å². The van der Waals surface area contributed by atoms with Crippen molar-refractivity contribution < 1.29 is 22.4 Å². The van der Waals surface area contributed by atoms with Crippen LogP contribution < -0.4 is 4.31 Å². The number of likely N-dealkylation sites (N-methyl/N-ethyl adjacent to an activating group) is 1. The van der Waals surface area contributed by atoms with Crippen molar-refractivity contribution in [1.82, 2.24) is 9.80 Å². The van der Waals surface area contributed by atoms with Crippen LogP contribution in [-0.4, -0.2) is 69.0 Å². The highest BCUT2D eigenvalue weighted by Gasteiger charge is 2.40. The standard InChI is InChI=1S/C17H22FN3O4S/c1-19-15-7-6-12(17(19)23)9-20(10-15)16(22)11-21(26(2,24)25)14-5-3-4-13(18)8-14/h3-5,8,12,15H,6-7,9-11H2,1-2H3. The highest BCUT2D eigenvalue weighted by atomic mass is 32.2. The normalized spacial score (nSPS) is 23.1. The molecule has 1 aromatic carbocycles. The van der Waals surface area contributed by atoms with Gasteiger partial charge in [-0.3, -0.25) is 13.9 Å². The van der Waals surface area contributed by atoms with Gasteiger partial charge in [0.25, 0.3) is 0 Å². The number of rotatable bonds is 4. The molecule has 2 atom stereocenters. The van der Waals surface area contributed by atoms with Crippen LogP contribution in [0.4, 0.5) is 10.1 Å². The Bertz CT molecular complexity index is 829. The summed E-state index contributed by atoms with van der Waals surface area (Å²) in [5.41, 5.74) is 0.104. The molecule has 3 aliphatic heterocycles. The third kappa shape index (κ3) is 3.67. The van der Waals surface area contributed by atoms with Gasteiger partial charge >= 0.3 is 0 Å². The Morgan fingerprint density at radius 1 is 1.31 bits per heavy atom. The number of halogens is 1. The Hall–Kier alpha value is -2.16. The van der Waals surface area contributed by atoms with E-state index in [2.05, 4.69) is 0 Å². The van der Waals surface area contributed by atoms with Crippen LogP contribution in [0.3, 0.4) is 0 Å². The van der Waals surface area contributed by atoms with Crippen LogP contribution in [0.25, 0.3) is 0 Å². The Kier molecular flexibility index (Phi) is 4.92. The molecule has 2 bridgehead atoms. The largest absolute Gasteiger partial charge is 0.341 e. The van der Waals surface area contributed by atoms with Gasteiger partial charge in [0.1, 0.15) is 12.4 Å². The number of hydrogen-bond donors (Lipinski definition) is 0. The number of hydrogen-bond acceptors (Lipinski definition) is 4. The molecule has 0 saturated carbocycles. The monoisotopic (exact) mass is 383 g/mol. The average molecular weight is 383 g/mol. The molecular weight excluding hydrogens is 361 g/mol. The molecular formula is C17H22FN3O4S. The number of fused-ring (bicyclic) bond motifs is 4. The molecule has 3 aliphatic rings. The van der Waals surface area contributed by atoms with Gasteiger partial charge in [0.2, 0.25) is 21.8 Å². The minimum atomic E-state index is -3.77. The van der Waals surface area contributed by atoms with E-state index in [1.165, 1.54) is 18.2 Å². The van der Waals surface area contributed by atoms with Gasteiger partial charge in [-0.25, -0.2) is 12.8 Å². The third-order valence-electron chi connectivity index (χ3n) is 5.09. The van der Waals surface area contributed by atoms with Crippen molar-refractivity contribution in [2.75, 3.05) is 37.2 Å². The molecule has 0 spiro atoms. The topological polar surface area (TPSA) is 78.0 Å². The number of piperidine rings is 1. The number of benzene rings is 1. The molecule has 2 unspecified atom stereocenters. The van der Waals surface area contributed by atoms with Crippen LogP contribution in [0.15, 0.2) is 24.3 Å². The molecule has 3 heterocycles. The average Bonchev–Trinajstić information content (AvgIpc) is 2.85. The van der Waals surface area contributed by atoms with Crippen LogP contribution in [0, 0.1) is 11.7 Å². The fourth-order valence-electron chi connectivity index (χ4n) is 3.61. The number of carbonyl (C=O) groups excluding carboxylic acids is 2. The van der Waals surface area contributed by atoms with Crippen molar-refractivity contribution in [3.8, 4) is 0 Å². The summed E-state index contributed by atoms with van der Waals surface area (Å²) in [6.07, 6.45) is 2.54. The van der Waals surface area contributed by atoms with E-state index in [0.717, 1.165) is 29.5 Å². The summed E-state index contributed by atoms with van der Waals surface area (Å²) < 4.78 is 38.7. The van der Waals surface area contributed by atoms with Gasteiger partial charge < -0.3 is 9.80 Å². The van der Waals surface area contributed by atoms with Gasteiger partial charge in [0, 0.05) is 26.2 Å². The highest BCUT2D eigenvalue weighted by molar-refractivity contribution is 7.92. The predicted octanol–water partition coefficient (Wildman–Crippen LogP) is 0.671. The van der Waals surface area contributed by atoms with Gasteiger partial charge in [-0.15, -0.1) is 0 Å². The lowest BCUT2D eigenvalue weighted by atomic mass is 9.95. The molecule has 2 amide bonds. The highest BCUT2D eigenvalue weighted by Crippen LogP contribution is 2.28. The second kappa shape index (κ2) is 6.86. The van der Waals surface area contributed by atoms with E-state index in [9.17, 15) is 22.4 Å². The van der Waals surface area contributed by atoms with Gasteiger partial charge in [-0.1, -0.05) is 6.07 Å². The van der Waals surface area contributed by atoms with Gasteiger partial charge in [0.05, 0.1) is 17.9 Å². The maximum atomic E-state index is 13.5. The van der Waals surface area contributed by atoms with E-state index >= 15 is 0 Å². The predicted molar refractivity (Wildman–Crippen MR) is 94.5 cm³/mol. The van der Waals surface area contributed by atoms with Gasteiger partial charge in [-0.05, 0) is 31.0 Å². The molecule has 3 saturated heterocycles. The summed E-state index contributed by atoms with van der Waals surface area (Å²) in [4.78, 5) is 28.3. The first kappa shape index (κ1) is 18.6. The van der Waals surface area contributed by atoms with Crippen molar-refractivity contribution in [2.45, 2.75) is 18.9 Å². The summed E-state index contributed by atoms with van der Waals surface area (Å²) in [6.45, 7) is 0.261. The van der Waals surface area contributed by atoms with Crippen molar-refractivity contribution in [3.63, 3.8) is 0 Å². The van der Waals surface area contributed by atoms with Crippen molar-refractivity contribution in [2.24, 2.45) is 5.92 Å². The molecule has 1 aromatic rings. The quantitative estimate of drug-likeness (QED) is 0.766. The molecule has 0 N–H and O–H groups in total. The fourth-order valence-corrected chi connectivity index (χ4v) is 4.46. The summed E-state index contributed by atoms with van der Waals surface area (Å²) in [5, 5.41) is 0. The van der Waals surface area contributed by atoms with E-state index in [-0.39, 0.29) is 29.5 Å². The van der Waals surface area contributed by atoms with Crippen LogP contribution in [0.2, 0.25) is 0 Å². The first-order chi connectivity index (χ1) is 12.2. The first-order valence-corrected chi connectivity index (χ1v) is 10.3. The van der Waals surface area contributed by atoms with E-state index in [1.807, 2.05) is 0 Å². The third-order valence-corrected chi connectivity index (χ3v) is 6.23. The zero-order chi connectivity index (χ0) is 19.1. The lowest BCUT2D eigenvalue weighted by Gasteiger charge is -2.32. The molecule has 9 heteroatoms. The van der Waals surface area contributed by atoms with Crippen molar-refractivity contribution >= 4 is 27.5 Å². The molecule has 0 aromatic heterocycles. The number of amides is 2. The Balaban J connectivity index is 1.82. The van der Waals surface area contributed by atoms with E-state index in [0.29, 0.717) is 13.1 Å². The Morgan fingerprint density at radius 3 is 2.69 bits per heavy atom. The SMILES string of the molecule is CN1C(=O)C2CCC1CN(C(=O)CN(c1cccc(F)c1)S(C)(=O)=O)C2. The maximum Gasteiger partial charge on any atom is 0.243 e. The zero-order valence-electron chi connectivity index (χ0n) is 14.8. The molecule has 0 aliphatic carbocycles. The van der Waals surface area contributed by atoms with Gasteiger partial charge in [0.15, 0.2) is 0 Å². The molecule has 142 valence electrons. The smallest absolute Gasteiger partial charge is 0.243 e. The summed E-state index contributed by atoms with van der Waals surface area (Å²) >= 11 is 0. The molecule has 4 rings (SSSR count). The lowest BCUT2D eigenvalue weighted by molar-refractivity contribution is -0.138. The molecule has 0 radical (unpaired) electrons. The van der Waals surface area contributed by atoms with Crippen LogP contribution >= 0.6 is 0 Å². The zero-order valence-corrected chi connectivity index (χ0v) is 15.6. The van der Waals surface area contributed by atoms with E-state index < -0.39 is 22.4 Å². The molecule has 7 nitrogen and oxygen atoms in total. The van der Waals surface area contributed by atoms with E-state index in [1.54, 1.807) is 16.8 Å². The number of sulfonamides is 1. The Morgan fingerprint density at radius 2 is 2.04 bits per heavy atom. The molecule has 3 fully saturated rings. The van der Waals surface area contributed by atoms with Crippen molar-refractivity contribution in [3.05, 3.63) is 30.1 Å². The maximum absolute atomic E-state index is 13.5. The number of carbonyl (C=O) groups is 2. The summed E-state index contributed by atoms with van der Waals surface area (Å²) in [6, 6.07) is 5.08. The Labute approximate surface area is 152 Å². The van der Waals surface area contributed by atoms with Crippen molar-refractivity contribution in [1.29, 1.82) is 0 Å².